The molecule has 0 aliphatic carbocycles. The molecule has 0 saturated heterocycles. The highest BCUT2D eigenvalue weighted by molar-refractivity contribution is 6.00. The number of nitrogens with zero attached hydrogens (tertiary/aromatic N) is 2. The fourth-order valence-electron chi connectivity index (χ4n) is 2.05. The van der Waals surface area contributed by atoms with Gasteiger partial charge in [-0.15, -0.1) is 0 Å². The summed E-state index contributed by atoms with van der Waals surface area (Å²) >= 11 is 0. The predicted octanol–water partition coefficient (Wildman–Crippen LogP) is 3.13. The maximum atomic E-state index is 12.1. The molecule has 0 saturated carbocycles. The maximum Gasteiger partial charge on any atom is 0.291 e. The number of rotatable bonds is 4. The Kier molecular flexibility index (Phi) is 4.05. The first-order valence-electron chi connectivity index (χ1n) is 7.14. The standard InChI is InChI=1S/C17H16N4O2/c1-11-5-7-13(8-6-11)12(2)18-21-17(22)15-10-14(19-20-15)16-4-3-9-23-16/h3-10H,1-2H3,(H,19,20)(H,21,22)/b18-12+. The molecule has 3 rings (SSSR count). The first kappa shape index (κ1) is 14.8. The van der Waals surface area contributed by atoms with Gasteiger partial charge >= 0.3 is 0 Å². The van der Waals surface area contributed by atoms with Gasteiger partial charge in [0.05, 0.1) is 12.0 Å². The highest BCUT2D eigenvalue weighted by Crippen LogP contribution is 2.17. The van der Waals surface area contributed by atoms with E-state index in [0.717, 1.165) is 11.3 Å². The van der Waals surface area contributed by atoms with Gasteiger partial charge in [-0.05, 0) is 31.5 Å². The summed E-state index contributed by atoms with van der Waals surface area (Å²) in [5.74, 6) is 0.237. The van der Waals surface area contributed by atoms with Gasteiger partial charge < -0.3 is 4.42 Å². The molecule has 23 heavy (non-hydrogen) atoms. The summed E-state index contributed by atoms with van der Waals surface area (Å²) in [6.45, 7) is 3.86. The van der Waals surface area contributed by atoms with Crippen molar-refractivity contribution in [2.24, 2.45) is 5.10 Å². The van der Waals surface area contributed by atoms with Crippen LogP contribution in [0.2, 0.25) is 0 Å². The number of hydrogen-bond donors (Lipinski definition) is 2. The summed E-state index contributed by atoms with van der Waals surface area (Å²) in [7, 11) is 0. The van der Waals surface area contributed by atoms with E-state index in [4.69, 9.17) is 4.42 Å². The van der Waals surface area contributed by atoms with Crippen molar-refractivity contribution < 1.29 is 9.21 Å². The minimum Gasteiger partial charge on any atom is -0.463 e. The molecule has 6 heteroatoms. The average molecular weight is 308 g/mol. The Hall–Kier alpha value is -3.15. The molecule has 2 aromatic heterocycles. The SMILES string of the molecule is C/C(=N\NC(=O)c1cc(-c2ccco2)[nH]n1)c1ccc(C)cc1. The fourth-order valence-corrected chi connectivity index (χ4v) is 2.05. The molecule has 0 spiro atoms. The molecule has 1 amide bonds. The van der Waals surface area contributed by atoms with Gasteiger partial charge in [0.1, 0.15) is 5.69 Å². The van der Waals surface area contributed by atoms with Crippen molar-refractivity contribution in [2.75, 3.05) is 0 Å². The van der Waals surface area contributed by atoms with E-state index < -0.39 is 0 Å². The molecular formula is C17H16N4O2. The lowest BCUT2D eigenvalue weighted by Gasteiger charge is -2.02. The summed E-state index contributed by atoms with van der Waals surface area (Å²) in [6.07, 6.45) is 1.56. The number of benzene rings is 1. The van der Waals surface area contributed by atoms with E-state index in [2.05, 4.69) is 20.7 Å². The van der Waals surface area contributed by atoms with Crippen LogP contribution >= 0.6 is 0 Å². The van der Waals surface area contributed by atoms with Crippen molar-refractivity contribution in [1.29, 1.82) is 0 Å². The molecular weight excluding hydrogens is 292 g/mol. The normalized spacial score (nSPS) is 11.5. The fraction of sp³-hybridized carbons (Fsp3) is 0.118. The number of carbonyl (C=O) groups excluding carboxylic acids is 1. The van der Waals surface area contributed by atoms with Crippen LogP contribution in [-0.4, -0.2) is 21.8 Å². The van der Waals surface area contributed by atoms with Crippen molar-refractivity contribution in [3.8, 4) is 11.5 Å². The molecule has 0 aliphatic heterocycles. The Morgan fingerprint density at radius 3 is 2.74 bits per heavy atom. The third-order valence-corrected chi connectivity index (χ3v) is 3.39. The van der Waals surface area contributed by atoms with Crippen LogP contribution < -0.4 is 5.43 Å². The van der Waals surface area contributed by atoms with Crippen LogP contribution in [-0.2, 0) is 0 Å². The van der Waals surface area contributed by atoms with Gasteiger partial charge in [-0.3, -0.25) is 9.89 Å². The van der Waals surface area contributed by atoms with Crippen molar-refractivity contribution >= 4 is 11.6 Å². The lowest BCUT2D eigenvalue weighted by atomic mass is 10.1. The minimum absolute atomic E-state index is 0.247. The summed E-state index contributed by atoms with van der Waals surface area (Å²) in [4.78, 5) is 12.1. The second kappa shape index (κ2) is 6.31. The second-order valence-electron chi connectivity index (χ2n) is 5.15. The zero-order valence-corrected chi connectivity index (χ0v) is 12.8. The Morgan fingerprint density at radius 1 is 1.26 bits per heavy atom. The van der Waals surface area contributed by atoms with Crippen LogP contribution in [0.3, 0.4) is 0 Å². The van der Waals surface area contributed by atoms with Crippen molar-refractivity contribution in [1.82, 2.24) is 15.6 Å². The number of carbonyl (C=O) groups is 1. The molecule has 0 aliphatic rings. The average Bonchev–Trinajstić information content (AvgIpc) is 3.23. The Labute approximate surface area is 133 Å². The van der Waals surface area contributed by atoms with Crippen LogP contribution in [0.5, 0.6) is 0 Å². The number of amides is 1. The number of nitrogens with one attached hydrogen (secondary N) is 2. The largest absolute Gasteiger partial charge is 0.463 e. The van der Waals surface area contributed by atoms with E-state index in [9.17, 15) is 4.79 Å². The van der Waals surface area contributed by atoms with Crippen LogP contribution in [0.4, 0.5) is 0 Å². The van der Waals surface area contributed by atoms with Gasteiger partial charge in [-0.2, -0.15) is 10.2 Å². The summed E-state index contributed by atoms with van der Waals surface area (Å²) in [6, 6.07) is 13.1. The molecule has 2 N–H and O–H groups in total. The smallest absolute Gasteiger partial charge is 0.291 e. The number of hydrogen-bond acceptors (Lipinski definition) is 4. The Bertz CT molecular complexity index is 830. The lowest BCUT2D eigenvalue weighted by molar-refractivity contribution is 0.0950. The van der Waals surface area contributed by atoms with Crippen molar-refractivity contribution in [2.45, 2.75) is 13.8 Å². The Morgan fingerprint density at radius 2 is 2.04 bits per heavy atom. The lowest BCUT2D eigenvalue weighted by Crippen LogP contribution is -2.19. The number of aromatic amines is 1. The topological polar surface area (TPSA) is 83.3 Å². The van der Waals surface area contributed by atoms with Gasteiger partial charge in [0.25, 0.3) is 5.91 Å². The van der Waals surface area contributed by atoms with Gasteiger partial charge in [0.15, 0.2) is 11.5 Å². The molecule has 3 aromatic rings. The molecule has 2 heterocycles. The van der Waals surface area contributed by atoms with Crippen LogP contribution in [0.25, 0.3) is 11.5 Å². The number of H-pyrrole nitrogens is 1. The Balaban J connectivity index is 1.69. The van der Waals surface area contributed by atoms with E-state index in [1.54, 1.807) is 24.5 Å². The minimum atomic E-state index is -0.384. The number of aryl methyl sites for hydroxylation is 1. The monoisotopic (exact) mass is 308 g/mol. The van der Waals surface area contributed by atoms with Crippen LogP contribution in [0.1, 0.15) is 28.5 Å². The van der Waals surface area contributed by atoms with Crippen LogP contribution in [0.15, 0.2) is 58.2 Å². The molecule has 6 nitrogen and oxygen atoms in total. The van der Waals surface area contributed by atoms with E-state index in [1.165, 1.54) is 5.56 Å². The first-order chi connectivity index (χ1) is 11.1. The van der Waals surface area contributed by atoms with Crippen molar-refractivity contribution in [3.05, 3.63) is 65.5 Å². The van der Waals surface area contributed by atoms with Crippen LogP contribution in [0, 0.1) is 6.92 Å². The summed E-state index contributed by atoms with van der Waals surface area (Å²) < 4.78 is 5.25. The van der Waals surface area contributed by atoms with Gasteiger partial charge in [0.2, 0.25) is 0 Å². The molecule has 0 atom stereocenters. The maximum absolute atomic E-state index is 12.1. The number of furan rings is 1. The highest BCUT2D eigenvalue weighted by atomic mass is 16.3. The van der Waals surface area contributed by atoms with Gasteiger partial charge in [-0.25, -0.2) is 5.43 Å². The first-order valence-corrected chi connectivity index (χ1v) is 7.14. The molecule has 0 bridgehead atoms. The number of hydrazone groups is 1. The quantitative estimate of drug-likeness (QED) is 0.573. The molecule has 1 aromatic carbocycles. The summed E-state index contributed by atoms with van der Waals surface area (Å²) in [5.41, 5.74) is 6.24. The molecule has 0 fully saturated rings. The van der Waals surface area contributed by atoms with E-state index in [0.29, 0.717) is 11.5 Å². The second-order valence-corrected chi connectivity index (χ2v) is 5.15. The molecule has 0 radical (unpaired) electrons. The van der Waals surface area contributed by atoms with Crippen molar-refractivity contribution in [3.63, 3.8) is 0 Å². The third-order valence-electron chi connectivity index (χ3n) is 3.39. The molecule has 0 unspecified atom stereocenters. The van der Waals surface area contributed by atoms with E-state index in [1.807, 2.05) is 38.1 Å². The van der Waals surface area contributed by atoms with Gasteiger partial charge in [0, 0.05) is 6.07 Å². The third kappa shape index (κ3) is 3.37. The summed E-state index contributed by atoms with van der Waals surface area (Å²) in [5, 5.41) is 10.8. The molecule has 116 valence electrons. The zero-order chi connectivity index (χ0) is 16.2. The number of aromatic nitrogens is 2. The zero-order valence-electron chi connectivity index (χ0n) is 12.8. The van der Waals surface area contributed by atoms with E-state index >= 15 is 0 Å². The predicted molar refractivity (Wildman–Crippen MR) is 87.1 cm³/mol. The highest BCUT2D eigenvalue weighted by Gasteiger charge is 2.12. The van der Waals surface area contributed by atoms with E-state index in [-0.39, 0.29) is 11.6 Å². The van der Waals surface area contributed by atoms with Gasteiger partial charge in [-0.1, -0.05) is 29.8 Å².